The summed E-state index contributed by atoms with van der Waals surface area (Å²) in [5.74, 6) is 0.745. The number of halogens is 3. The van der Waals surface area contributed by atoms with Gasteiger partial charge in [0, 0.05) is 23.9 Å². The van der Waals surface area contributed by atoms with Gasteiger partial charge in [-0.3, -0.25) is 0 Å². The molecule has 0 atom stereocenters. The summed E-state index contributed by atoms with van der Waals surface area (Å²) in [6.07, 6.45) is -4.79. The topological polar surface area (TPSA) is 79.3 Å². The van der Waals surface area contributed by atoms with Gasteiger partial charge in [0.2, 0.25) is 5.95 Å². The zero-order valence-corrected chi connectivity index (χ0v) is 18.0. The van der Waals surface area contributed by atoms with Crippen molar-refractivity contribution >= 4 is 17.5 Å². The third-order valence-electron chi connectivity index (χ3n) is 4.65. The second-order valence-corrected chi connectivity index (χ2v) is 7.54. The van der Waals surface area contributed by atoms with E-state index in [4.69, 9.17) is 5.11 Å². The van der Waals surface area contributed by atoms with Crippen molar-refractivity contribution in [3.8, 4) is 17.0 Å². The summed E-state index contributed by atoms with van der Waals surface area (Å²) in [6.45, 7) is 6.39. The number of nitrogens with one attached hydrogen (secondary N) is 2. The monoisotopic (exact) mass is 446 g/mol. The fraction of sp³-hybridized carbons (Fsp3) is 0.304. The minimum Gasteiger partial charge on any atom is -0.406 e. The molecule has 9 heteroatoms. The van der Waals surface area contributed by atoms with Gasteiger partial charge < -0.3 is 20.5 Å². The number of aliphatic hydroxyl groups excluding tert-OH is 1. The Kier molecular flexibility index (Phi) is 7.19. The summed E-state index contributed by atoms with van der Waals surface area (Å²) in [5, 5.41) is 15.2. The molecule has 0 aliphatic rings. The van der Waals surface area contributed by atoms with E-state index in [0.29, 0.717) is 23.0 Å². The number of aryl methyl sites for hydroxylation is 1. The lowest BCUT2D eigenvalue weighted by atomic mass is 9.98. The van der Waals surface area contributed by atoms with Crippen molar-refractivity contribution in [3.05, 3.63) is 59.7 Å². The molecule has 0 saturated heterocycles. The molecule has 0 radical (unpaired) electrons. The van der Waals surface area contributed by atoms with Crippen LogP contribution < -0.4 is 15.4 Å². The molecular formula is C23H25F3N4O2. The molecule has 3 aromatic rings. The molecule has 0 aliphatic heterocycles. The molecule has 0 amide bonds. The highest BCUT2D eigenvalue weighted by molar-refractivity contribution is 5.68. The molecule has 1 heterocycles. The third-order valence-corrected chi connectivity index (χ3v) is 4.65. The number of alkyl halides is 3. The lowest BCUT2D eigenvalue weighted by molar-refractivity contribution is -0.274. The molecule has 3 rings (SSSR count). The summed E-state index contributed by atoms with van der Waals surface area (Å²) in [6, 6.07) is 13.2. The molecule has 32 heavy (non-hydrogen) atoms. The highest BCUT2D eigenvalue weighted by atomic mass is 19.4. The van der Waals surface area contributed by atoms with Gasteiger partial charge in [-0.1, -0.05) is 32.0 Å². The van der Waals surface area contributed by atoms with E-state index in [2.05, 4.69) is 39.2 Å². The second kappa shape index (κ2) is 9.86. The van der Waals surface area contributed by atoms with Crippen LogP contribution in [-0.4, -0.2) is 34.6 Å². The van der Waals surface area contributed by atoms with Crippen molar-refractivity contribution in [2.75, 3.05) is 23.8 Å². The molecule has 1 aromatic heterocycles. The molecule has 0 bridgehead atoms. The number of hydrogen-bond donors (Lipinski definition) is 3. The number of aromatic nitrogens is 2. The van der Waals surface area contributed by atoms with Crippen molar-refractivity contribution in [1.82, 2.24) is 9.97 Å². The van der Waals surface area contributed by atoms with Gasteiger partial charge in [-0.15, -0.1) is 13.2 Å². The van der Waals surface area contributed by atoms with Gasteiger partial charge >= 0.3 is 6.36 Å². The lowest BCUT2D eigenvalue weighted by Gasteiger charge is -2.14. The maximum atomic E-state index is 12.6. The molecule has 170 valence electrons. The van der Waals surface area contributed by atoms with Gasteiger partial charge in [0.15, 0.2) is 0 Å². The number of aliphatic hydroxyl groups is 1. The van der Waals surface area contributed by atoms with Crippen LogP contribution in [0.3, 0.4) is 0 Å². The first-order valence-electron chi connectivity index (χ1n) is 10.1. The Morgan fingerprint density at radius 1 is 1.06 bits per heavy atom. The highest BCUT2D eigenvalue weighted by Gasteiger charge is 2.31. The van der Waals surface area contributed by atoms with Gasteiger partial charge in [-0.05, 0) is 48.2 Å². The number of benzene rings is 2. The predicted octanol–water partition coefficient (Wildman–Crippen LogP) is 5.62. The maximum Gasteiger partial charge on any atom is 0.573 e. The van der Waals surface area contributed by atoms with Crippen molar-refractivity contribution in [2.45, 2.75) is 33.1 Å². The Balaban J connectivity index is 1.95. The quantitative estimate of drug-likeness (QED) is 0.417. The Labute approximate surface area is 184 Å². The first-order chi connectivity index (χ1) is 15.1. The maximum absolute atomic E-state index is 12.6. The molecular weight excluding hydrogens is 421 g/mol. The normalized spacial score (nSPS) is 11.5. The largest absolute Gasteiger partial charge is 0.573 e. The zero-order chi connectivity index (χ0) is 23.3. The molecule has 6 nitrogen and oxygen atoms in total. The number of nitrogens with zero attached hydrogens (tertiary/aromatic N) is 2. The van der Waals surface area contributed by atoms with E-state index in [-0.39, 0.29) is 24.8 Å². The molecule has 2 aromatic carbocycles. The number of anilines is 3. The average Bonchev–Trinajstić information content (AvgIpc) is 2.71. The lowest BCUT2D eigenvalue weighted by Crippen LogP contribution is -2.17. The molecule has 0 fully saturated rings. The van der Waals surface area contributed by atoms with Crippen LogP contribution in [0.5, 0.6) is 5.75 Å². The standard InChI is InChI=1S/C23H25F3N4O2/c1-14(2)19-8-7-17(11-15(19)3)28-21-13-20(29-22(30-21)27-9-10-31)16-5-4-6-18(12-16)32-23(24,25)26/h4-8,11-14,31H,9-10H2,1-3H3,(H2,27,28,29,30). The van der Waals surface area contributed by atoms with E-state index in [1.165, 1.54) is 23.8 Å². The van der Waals surface area contributed by atoms with Crippen molar-refractivity contribution < 1.29 is 23.0 Å². The summed E-state index contributed by atoms with van der Waals surface area (Å²) in [5.41, 5.74) is 4.01. The minimum atomic E-state index is -4.79. The number of ether oxygens (including phenoxy) is 1. The van der Waals surface area contributed by atoms with Crippen LogP contribution in [0.15, 0.2) is 48.5 Å². The Morgan fingerprint density at radius 2 is 1.84 bits per heavy atom. The van der Waals surface area contributed by atoms with E-state index >= 15 is 0 Å². The minimum absolute atomic E-state index is 0.124. The van der Waals surface area contributed by atoms with E-state index in [9.17, 15) is 13.2 Å². The van der Waals surface area contributed by atoms with Gasteiger partial charge in [0.25, 0.3) is 0 Å². The highest BCUT2D eigenvalue weighted by Crippen LogP contribution is 2.30. The molecule has 0 unspecified atom stereocenters. The predicted molar refractivity (Wildman–Crippen MR) is 118 cm³/mol. The molecule has 0 saturated carbocycles. The zero-order valence-electron chi connectivity index (χ0n) is 18.0. The van der Waals surface area contributed by atoms with Crippen LogP contribution in [0.1, 0.15) is 30.9 Å². The second-order valence-electron chi connectivity index (χ2n) is 7.54. The van der Waals surface area contributed by atoms with Crippen LogP contribution in [0.25, 0.3) is 11.3 Å². The SMILES string of the molecule is Cc1cc(Nc2cc(-c3cccc(OC(F)(F)F)c3)nc(NCCO)n2)ccc1C(C)C. The van der Waals surface area contributed by atoms with Crippen LogP contribution in [0.4, 0.5) is 30.6 Å². The summed E-state index contributed by atoms with van der Waals surface area (Å²) >= 11 is 0. The smallest absolute Gasteiger partial charge is 0.406 e. The van der Waals surface area contributed by atoms with Crippen LogP contribution in [-0.2, 0) is 0 Å². The van der Waals surface area contributed by atoms with Crippen molar-refractivity contribution in [1.29, 1.82) is 0 Å². The summed E-state index contributed by atoms with van der Waals surface area (Å²) in [4.78, 5) is 8.77. The van der Waals surface area contributed by atoms with E-state index in [0.717, 1.165) is 11.3 Å². The van der Waals surface area contributed by atoms with Gasteiger partial charge in [-0.2, -0.15) is 4.98 Å². The summed E-state index contributed by atoms with van der Waals surface area (Å²) < 4.78 is 41.8. The van der Waals surface area contributed by atoms with Crippen LogP contribution in [0.2, 0.25) is 0 Å². The van der Waals surface area contributed by atoms with Crippen molar-refractivity contribution in [2.24, 2.45) is 0 Å². The van der Waals surface area contributed by atoms with E-state index in [1.54, 1.807) is 12.1 Å². The Hall–Kier alpha value is -3.33. The fourth-order valence-corrected chi connectivity index (χ4v) is 3.31. The van der Waals surface area contributed by atoms with Crippen LogP contribution >= 0.6 is 0 Å². The van der Waals surface area contributed by atoms with Gasteiger partial charge in [-0.25, -0.2) is 4.98 Å². The van der Waals surface area contributed by atoms with E-state index in [1.807, 2.05) is 25.1 Å². The van der Waals surface area contributed by atoms with Gasteiger partial charge in [0.1, 0.15) is 11.6 Å². The molecule has 3 N–H and O–H groups in total. The van der Waals surface area contributed by atoms with Crippen molar-refractivity contribution in [3.63, 3.8) is 0 Å². The number of rotatable bonds is 8. The van der Waals surface area contributed by atoms with Crippen LogP contribution in [0, 0.1) is 6.92 Å². The Bertz CT molecular complexity index is 1070. The Morgan fingerprint density at radius 3 is 2.50 bits per heavy atom. The first-order valence-corrected chi connectivity index (χ1v) is 10.1. The summed E-state index contributed by atoms with van der Waals surface area (Å²) in [7, 11) is 0. The molecule has 0 spiro atoms. The fourth-order valence-electron chi connectivity index (χ4n) is 3.31. The first kappa shape index (κ1) is 23.3. The van der Waals surface area contributed by atoms with E-state index < -0.39 is 6.36 Å². The third kappa shape index (κ3) is 6.34. The van der Waals surface area contributed by atoms with Gasteiger partial charge in [0.05, 0.1) is 12.3 Å². The number of hydrogen-bond acceptors (Lipinski definition) is 6. The molecule has 0 aliphatic carbocycles. The average molecular weight is 446 g/mol.